The summed E-state index contributed by atoms with van der Waals surface area (Å²) in [4.78, 5) is 10.2. The van der Waals surface area contributed by atoms with Crippen LogP contribution in [0.15, 0.2) is 0 Å². The highest BCUT2D eigenvalue weighted by molar-refractivity contribution is 6.67. The third-order valence-electron chi connectivity index (χ3n) is 1.51. The van der Waals surface area contributed by atoms with Crippen LogP contribution < -0.4 is 0 Å². The van der Waals surface area contributed by atoms with E-state index in [9.17, 15) is 4.79 Å². The van der Waals surface area contributed by atoms with Crippen molar-refractivity contribution in [1.82, 2.24) is 0 Å². The standard InChI is InChI=1S/C9H14Cl4O2/c1-6(2)4-15-7(14)8(3,10)5-9(11,12)13/h6H,4-5H2,1-3H3. The van der Waals surface area contributed by atoms with Gasteiger partial charge in [0.15, 0.2) is 3.79 Å². The van der Waals surface area contributed by atoms with E-state index in [2.05, 4.69) is 0 Å². The Hall–Kier alpha value is 0.630. The molecular weight excluding hydrogens is 282 g/mol. The van der Waals surface area contributed by atoms with E-state index in [1.165, 1.54) is 6.92 Å². The minimum atomic E-state index is -1.56. The summed E-state index contributed by atoms with van der Waals surface area (Å²) in [6.45, 7) is 5.63. The van der Waals surface area contributed by atoms with Crippen LogP contribution in [0, 0.1) is 5.92 Å². The fraction of sp³-hybridized carbons (Fsp3) is 0.889. The van der Waals surface area contributed by atoms with Crippen molar-refractivity contribution in [2.75, 3.05) is 6.61 Å². The molecule has 1 atom stereocenters. The van der Waals surface area contributed by atoms with Crippen LogP contribution in [0.5, 0.6) is 0 Å². The SMILES string of the molecule is CC(C)COC(=O)C(C)(Cl)CC(Cl)(Cl)Cl. The lowest BCUT2D eigenvalue weighted by atomic mass is 10.1. The lowest BCUT2D eigenvalue weighted by molar-refractivity contribution is -0.147. The summed E-state index contributed by atoms with van der Waals surface area (Å²) in [5, 5.41) is 0. The molecule has 90 valence electrons. The predicted molar refractivity (Wildman–Crippen MR) is 65.0 cm³/mol. The molecule has 1 unspecified atom stereocenters. The zero-order chi connectivity index (χ0) is 12.3. The third kappa shape index (κ3) is 7.51. The van der Waals surface area contributed by atoms with Crippen LogP contribution in [0.2, 0.25) is 0 Å². The van der Waals surface area contributed by atoms with Gasteiger partial charge in [-0.25, -0.2) is 0 Å². The van der Waals surface area contributed by atoms with Crippen LogP contribution in [0.1, 0.15) is 27.2 Å². The molecule has 0 aliphatic carbocycles. The molecule has 0 heterocycles. The van der Waals surface area contributed by atoms with Crippen molar-refractivity contribution in [2.45, 2.75) is 35.9 Å². The zero-order valence-electron chi connectivity index (χ0n) is 8.82. The molecule has 0 rings (SSSR count). The molecule has 0 spiro atoms. The number of carbonyl (C=O) groups is 1. The van der Waals surface area contributed by atoms with Gasteiger partial charge in [-0.3, -0.25) is 4.79 Å². The Balaban J connectivity index is 4.27. The van der Waals surface area contributed by atoms with E-state index in [1.54, 1.807) is 0 Å². The molecule has 0 N–H and O–H groups in total. The molecule has 0 aliphatic rings. The maximum atomic E-state index is 11.5. The van der Waals surface area contributed by atoms with Gasteiger partial charge in [0.25, 0.3) is 0 Å². The second kappa shape index (κ2) is 5.81. The van der Waals surface area contributed by atoms with Crippen molar-refractivity contribution in [1.29, 1.82) is 0 Å². The first-order valence-corrected chi connectivity index (χ1v) is 5.98. The Kier molecular flexibility index (Phi) is 6.05. The maximum Gasteiger partial charge on any atom is 0.327 e. The van der Waals surface area contributed by atoms with Crippen LogP contribution in [-0.2, 0) is 9.53 Å². The van der Waals surface area contributed by atoms with Crippen molar-refractivity contribution in [3.05, 3.63) is 0 Å². The van der Waals surface area contributed by atoms with Gasteiger partial charge < -0.3 is 4.74 Å². The number of esters is 1. The van der Waals surface area contributed by atoms with E-state index in [4.69, 9.17) is 51.1 Å². The molecule has 0 amide bonds. The molecule has 6 heteroatoms. The molecular formula is C9H14Cl4O2. The summed E-state index contributed by atoms with van der Waals surface area (Å²) >= 11 is 22.6. The summed E-state index contributed by atoms with van der Waals surface area (Å²) in [6, 6.07) is 0. The fourth-order valence-corrected chi connectivity index (χ4v) is 2.10. The minimum Gasteiger partial charge on any atom is -0.464 e. The number of carbonyl (C=O) groups excluding carboxylic acids is 1. The van der Waals surface area contributed by atoms with Crippen molar-refractivity contribution in [3.63, 3.8) is 0 Å². The maximum absolute atomic E-state index is 11.5. The first-order chi connectivity index (χ1) is 6.54. The monoisotopic (exact) mass is 294 g/mol. The normalized spacial score (nSPS) is 16.3. The number of halogens is 4. The van der Waals surface area contributed by atoms with Crippen molar-refractivity contribution < 1.29 is 9.53 Å². The molecule has 0 fully saturated rings. The molecule has 2 nitrogen and oxygen atoms in total. The van der Waals surface area contributed by atoms with Crippen molar-refractivity contribution in [3.8, 4) is 0 Å². The smallest absolute Gasteiger partial charge is 0.327 e. The second-order valence-corrected chi connectivity index (χ2v) is 7.33. The topological polar surface area (TPSA) is 26.3 Å². The molecule has 0 saturated heterocycles. The Morgan fingerprint density at radius 1 is 1.27 bits per heavy atom. The highest BCUT2D eigenvalue weighted by Crippen LogP contribution is 2.38. The van der Waals surface area contributed by atoms with E-state index in [1.807, 2.05) is 13.8 Å². The van der Waals surface area contributed by atoms with E-state index in [0.29, 0.717) is 6.61 Å². The van der Waals surface area contributed by atoms with E-state index in [-0.39, 0.29) is 12.3 Å². The average molecular weight is 296 g/mol. The lowest BCUT2D eigenvalue weighted by Gasteiger charge is -2.24. The van der Waals surface area contributed by atoms with Gasteiger partial charge in [0.2, 0.25) is 0 Å². The van der Waals surface area contributed by atoms with Gasteiger partial charge in [-0.15, -0.1) is 11.6 Å². The Morgan fingerprint density at radius 2 is 1.73 bits per heavy atom. The van der Waals surface area contributed by atoms with Crippen LogP contribution >= 0.6 is 46.4 Å². The Morgan fingerprint density at radius 3 is 2.07 bits per heavy atom. The highest BCUT2D eigenvalue weighted by atomic mass is 35.6. The van der Waals surface area contributed by atoms with E-state index >= 15 is 0 Å². The first kappa shape index (κ1) is 15.6. The molecule has 0 aromatic carbocycles. The number of rotatable bonds is 4. The molecule has 15 heavy (non-hydrogen) atoms. The summed E-state index contributed by atoms with van der Waals surface area (Å²) < 4.78 is 3.41. The van der Waals surface area contributed by atoms with Gasteiger partial charge in [-0.05, 0) is 12.8 Å². The Labute approximate surface area is 110 Å². The Bertz CT molecular complexity index is 221. The average Bonchev–Trinajstić information content (AvgIpc) is 1.94. The van der Waals surface area contributed by atoms with Crippen LogP contribution in [-0.4, -0.2) is 21.2 Å². The molecule has 0 aliphatic heterocycles. The molecule has 0 aromatic heterocycles. The summed E-state index contributed by atoms with van der Waals surface area (Å²) in [5.41, 5.74) is 0. The summed E-state index contributed by atoms with van der Waals surface area (Å²) in [6.07, 6.45) is -0.0941. The number of hydrogen-bond acceptors (Lipinski definition) is 2. The quantitative estimate of drug-likeness (QED) is 0.580. The predicted octanol–water partition coefficient (Wildman–Crippen LogP) is 3.94. The van der Waals surface area contributed by atoms with Gasteiger partial charge in [-0.1, -0.05) is 48.7 Å². The summed E-state index contributed by atoms with van der Waals surface area (Å²) in [5.74, 6) is -0.321. The summed E-state index contributed by atoms with van der Waals surface area (Å²) in [7, 11) is 0. The minimum absolute atomic E-state index is 0.0941. The molecule has 0 saturated carbocycles. The molecule has 0 aromatic rings. The van der Waals surface area contributed by atoms with Crippen molar-refractivity contribution in [2.24, 2.45) is 5.92 Å². The molecule has 0 bridgehead atoms. The largest absolute Gasteiger partial charge is 0.464 e. The van der Waals surface area contributed by atoms with Gasteiger partial charge in [-0.2, -0.15) is 0 Å². The van der Waals surface area contributed by atoms with Gasteiger partial charge in [0.1, 0.15) is 4.87 Å². The van der Waals surface area contributed by atoms with E-state index in [0.717, 1.165) is 0 Å². The van der Waals surface area contributed by atoms with Crippen LogP contribution in [0.4, 0.5) is 0 Å². The molecule has 0 radical (unpaired) electrons. The number of alkyl halides is 4. The highest BCUT2D eigenvalue weighted by Gasteiger charge is 2.40. The van der Waals surface area contributed by atoms with Crippen molar-refractivity contribution >= 4 is 52.4 Å². The zero-order valence-corrected chi connectivity index (χ0v) is 11.8. The van der Waals surface area contributed by atoms with Gasteiger partial charge in [0, 0.05) is 6.42 Å². The fourth-order valence-electron chi connectivity index (χ4n) is 0.841. The number of hydrogen-bond donors (Lipinski definition) is 0. The third-order valence-corrected chi connectivity index (χ3v) is 2.19. The van der Waals surface area contributed by atoms with Gasteiger partial charge >= 0.3 is 5.97 Å². The van der Waals surface area contributed by atoms with Gasteiger partial charge in [0.05, 0.1) is 6.61 Å². The van der Waals surface area contributed by atoms with E-state index < -0.39 is 14.6 Å². The van der Waals surface area contributed by atoms with Crippen LogP contribution in [0.3, 0.4) is 0 Å². The number of ether oxygens (including phenoxy) is 1. The second-order valence-electron chi connectivity index (χ2n) is 3.98. The first-order valence-electron chi connectivity index (χ1n) is 4.47. The lowest BCUT2D eigenvalue weighted by Crippen LogP contribution is -2.35. The van der Waals surface area contributed by atoms with Crippen LogP contribution in [0.25, 0.3) is 0 Å².